The largest absolute Gasteiger partial charge is 0.480 e. The first-order chi connectivity index (χ1) is 25.1. The molecule has 10 nitrogen and oxygen atoms in total. The van der Waals surface area contributed by atoms with Crippen molar-refractivity contribution in [1.29, 1.82) is 5.26 Å². The average molecular weight is 804 g/mol. The van der Waals surface area contributed by atoms with Crippen LogP contribution in [0.3, 0.4) is 0 Å². The predicted molar refractivity (Wildman–Crippen MR) is 202 cm³/mol. The van der Waals surface area contributed by atoms with Gasteiger partial charge in [-0.2, -0.15) is 10.2 Å². The number of pyridine rings is 2. The van der Waals surface area contributed by atoms with Crippen molar-refractivity contribution in [3.05, 3.63) is 127 Å². The standard InChI is InChI=1S/C39H34BrCl2N5O5/c1-39(22-48,38(49)50)46-19-29-14-33(40)37(47-36(29)51-20-24-12-23(15-43)16-45-17-24)52-21-27-4-2-6-31(34(27)41)32-7-3-5-30(35(32)42)26-9-8-25-10-11-44-18-28(25)13-26/h2-9,12-14,16-17,44,46,48H,10-11,18-22H2,1H3,(H,49,50)/t39-/m1/s1. The molecule has 1 aliphatic rings. The maximum atomic E-state index is 11.8. The number of carbonyl (C=O) groups is 1. The van der Waals surface area contributed by atoms with E-state index in [1.54, 1.807) is 18.3 Å². The van der Waals surface area contributed by atoms with E-state index in [4.69, 9.17) is 32.7 Å². The number of nitrogens with zero attached hydrogens (tertiary/aromatic N) is 3. The van der Waals surface area contributed by atoms with Gasteiger partial charge in [-0.05, 0) is 70.7 Å². The summed E-state index contributed by atoms with van der Waals surface area (Å²) in [4.78, 5) is 20.5. The summed E-state index contributed by atoms with van der Waals surface area (Å²) < 4.78 is 12.7. The molecule has 0 aliphatic carbocycles. The Morgan fingerprint density at radius 1 is 0.981 bits per heavy atom. The Kier molecular flexibility index (Phi) is 11.8. The van der Waals surface area contributed by atoms with Crippen LogP contribution in [0.5, 0.6) is 11.8 Å². The number of hydrogen-bond donors (Lipinski definition) is 4. The number of aliphatic hydroxyl groups excluding tert-OH is 1. The molecule has 0 spiro atoms. The highest BCUT2D eigenvalue weighted by atomic mass is 79.9. The van der Waals surface area contributed by atoms with Crippen molar-refractivity contribution < 1.29 is 24.5 Å². The number of aliphatic hydroxyl groups is 1. The van der Waals surface area contributed by atoms with Crippen molar-refractivity contribution in [3.8, 4) is 40.1 Å². The van der Waals surface area contributed by atoms with E-state index in [1.807, 2.05) is 36.4 Å². The lowest BCUT2D eigenvalue weighted by Crippen LogP contribution is -2.52. The van der Waals surface area contributed by atoms with Crippen LogP contribution in [-0.4, -0.2) is 44.8 Å². The van der Waals surface area contributed by atoms with E-state index in [0.717, 1.165) is 41.8 Å². The second-order valence-electron chi connectivity index (χ2n) is 12.5. The van der Waals surface area contributed by atoms with Crippen LogP contribution >= 0.6 is 39.1 Å². The summed E-state index contributed by atoms with van der Waals surface area (Å²) in [5, 5.41) is 36.0. The zero-order chi connectivity index (χ0) is 36.8. The smallest absolute Gasteiger partial charge is 0.326 e. The number of rotatable bonds is 13. The SMILES string of the molecule is C[C@](CO)(NCc1cc(Br)c(OCc2cccc(-c3cccc(-c4ccc5c(c4)CNCC5)c3Cl)c2Cl)nc1OCc1cncc(C#N)c1)C(=O)O. The molecule has 4 N–H and O–H groups in total. The second kappa shape index (κ2) is 16.4. The van der Waals surface area contributed by atoms with Crippen molar-refractivity contribution in [2.75, 3.05) is 13.2 Å². The van der Waals surface area contributed by atoms with Crippen LogP contribution in [0.1, 0.15) is 40.3 Å². The number of ether oxygens (including phenoxy) is 2. The molecule has 0 unspecified atom stereocenters. The Labute approximate surface area is 319 Å². The van der Waals surface area contributed by atoms with Gasteiger partial charge in [0, 0.05) is 58.9 Å². The lowest BCUT2D eigenvalue weighted by Gasteiger charge is -2.24. The third kappa shape index (κ3) is 8.24. The van der Waals surface area contributed by atoms with Gasteiger partial charge >= 0.3 is 5.97 Å². The van der Waals surface area contributed by atoms with E-state index in [9.17, 15) is 20.3 Å². The fourth-order valence-electron chi connectivity index (χ4n) is 5.77. The first kappa shape index (κ1) is 37.2. The molecular weight excluding hydrogens is 769 g/mol. The molecular formula is C39H34BrCl2N5O5. The summed E-state index contributed by atoms with van der Waals surface area (Å²) in [5.41, 5.74) is 6.71. The van der Waals surface area contributed by atoms with Crippen LogP contribution in [0, 0.1) is 11.3 Å². The van der Waals surface area contributed by atoms with Gasteiger partial charge in [-0.1, -0.05) is 71.7 Å². The summed E-state index contributed by atoms with van der Waals surface area (Å²) in [6, 6.07) is 23.5. The van der Waals surface area contributed by atoms with E-state index < -0.39 is 18.1 Å². The Hall–Kier alpha value is -4.54. The number of fused-ring (bicyclic) bond motifs is 1. The molecule has 0 bridgehead atoms. The number of nitriles is 1. The third-order valence-corrected chi connectivity index (χ3v) is 10.3. The number of hydrogen-bond acceptors (Lipinski definition) is 9. The summed E-state index contributed by atoms with van der Waals surface area (Å²) >= 11 is 17.6. The van der Waals surface area contributed by atoms with Crippen molar-refractivity contribution in [1.82, 2.24) is 20.6 Å². The minimum Gasteiger partial charge on any atom is -0.480 e. The van der Waals surface area contributed by atoms with E-state index in [1.165, 1.54) is 24.2 Å². The number of aromatic nitrogens is 2. The molecule has 0 fully saturated rings. The Balaban J connectivity index is 1.26. The molecule has 13 heteroatoms. The summed E-state index contributed by atoms with van der Waals surface area (Å²) in [6.45, 7) is 2.62. The van der Waals surface area contributed by atoms with Gasteiger partial charge in [-0.3, -0.25) is 15.1 Å². The van der Waals surface area contributed by atoms with Gasteiger partial charge in [0.25, 0.3) is 0 Å². The molecule has 0 radical (unpaired) electrons. The predicted octanol–water partition coefficient (Wildman–Crippen LogP) is 7.48. The maximum absolute atomic E-state index is 11.8. The highest BCUT2D eigenvalue weighted by molar-refractivity contribution is 9.10. The van der Waals surface area contributed by atoms with Crippen molar-refractivity contribution in [2.45, 2.75) is 45.2 Å². The van der Waals surface area contributed by atoms with Crippen LogP contribution in [0.25, 0.3) is 22.3 Å². The Morgan fingerprint density at radius 2 is 1.73 bits per heavy atom. The minimum atomic E-state index is -1.61. The number of carboxylic acids is 1. The van der Waals surface area contributed by atoms with E-state index in [2.05, 4.69) is 60.8 Å². The number of nitrogens with one attached hydrogen (secondary N) is 2. The molecule has 5 aromatic rings. The van der Waals surface area contributed by atoms with Crippen LogP contribution < -0.4 is 20.1 Å². The van der Waals surface area contributed by atoms with E-state index in [-0.39, 0.29) is 31.5 Å². The first-order valence-corrected chi connectivity index (χ1v) is 17.9. The number of benzene rings is 3. The zero-order valence-corrected chi connectivity index (χ0v) is 31.1. The zero-order valence-electron chi connectivity index (χ0n) is 28.1. The molecule has 1 atom stereocenters. The Morgan fingerprint density at radius 3 is 2.50 bits per heavy atom. The van der Waals surface area contributed by atoms with E-state index in [0.29, 0.717) is 36.8 Å². The highest BCUT2D eigenvalue weighted by Gasteiger charge is 2.32. The van der Waals surface area contributed by atoms with Gasteiger partial charge in [0.05, 0.1) is 26.7 Å². The first-order valence-electron chi connectivity index (χ1n) is 16.4. The molecule has 6 rings (SSSR count). The average Bonchev–Trinajstić information content (AvgIpc) is 3.16. The third-order valence-electron chi connectivity index (χ3n) is 8.88. The van der Waals surface area contributed by atoms with Crippen molar-refractivity contribution >= 4 is 45.1 Å². The molecule has 0 saturated heterocycles. The summed E-state index contributed by atoms with van der Waals surface area (Å²) in [7, 11) is 0. The minimum absolute atomic E-state index is 0.00288. The van der Waals surface area contributed by atoms with Gasteiger partial charge < -0.3 is 25.0 Å². The molecule has 1 aliphatic heterocycles. The normalized spacial score (nSPS) is 13.5. The molecule has 2 aromatic heterocycles. The number of carboxylic acid groups (broad SMARTS) is 1. The van der Waals surface area contributed by atoms with Crippen LogP contribution in [0.2, 0.25) is 10.0 Å². The monoisotopic (exact) mass is 801 g/mol. The molecule has 0 saturated carbocycles. The molecule has 0 amide bonds. The van der Waals surface area contributed by atoms with Gasteiger partial charge in [-0.25, -0.2) is 0 Å². The molecule has 52 heavy (non-hydrogen) atoms. The lowest BCUT2D eigenvalue weighted by atomic mass is 9.93. The molecule has 266 valence electrons. The maximum Gasteiger partial charge on any atom is 0.326 e. The lowest BCUT2D eigenvalue weighted by molar-refractivity contribution is -0.145. The van der Waals surface area contributed by atoms with Crippen molar-refractivity contribution in [2.24, 2.45) is 0 Å². The fourth-order valence-corrected chi connectivity index (χ4v) is 6.87. The fraction of sp³-hybridized carbons (Fsp3) is 0.231. The number of halogens is 3. The van der Waals surface area contributed by atoms with Crippen molar-refractivity contribution in [3.63, 3.8) is 0 Å². The molecule has 3 heterocycles. The van der Waals surface area contributed by atoms with Crippen LogP contribution in [0.4, 0.5) is 0 Å². The van der Waals surface area contributed by atoms with Gasteiger partial charge in [0.1, 0.15) is 24.8 Å². The Bertz CT molecular complexity index is 2180. The van der Waals surface area contributed by atoms with E-state index >= 15 is 0 Å². The summed E-state index contributed by atoms with van der Waals surface area (Å²) in [5.74, 6) is -0.860. The molecule has 3 aromatic carbocycles. The number of aliphatic carboxylic acids is 1. The van der Waals surface area contributed by atoms with Gasteiger partial charge in [0.2, 0.25) is 11.8 Å². The van der Waals surface area contributed by atoms with Crippen LogP contribution in [-0.2, 0) is 37.5 Å². The van der Waals surface area contributed by atoms with Gasteiger partial charge in [0.15, 0.2) is 0 Å². The second-order valence-corrected chi connectivity index (χ2v) is 14.1. The summed E-state index contributed by atoms with van der Waals surface area (Å²) in [6.07, 6.45) is 4.02. The van der Waals surface area contributed by atoms with Crippen LogP contribution in [0.15, 0.2) is 83.6 Å². The highest BCUT2D eigenvalue weighted by Crippen LogP contribution is 2.41. The topological polar surface area (TPSA) is 150 Å². The quantitative estimate of drug-likeness (QED) is 0.0944. The van der Waals surface area contributed by atoms with Gasteiger partial charge in [-0.15, -0.1) is 0 Å².